The largest absolute Gasteiger partial charge is 0.435 e. The van der Waals surface area contributed by atoms with Crippen LogP contribution in [0.2, 0.25) is 5.15 Å². The van der Waals surface area contributed by atoms with Crippen molar-refractivity contribution in [1.29, 1.82) is 0 Å². The molecule has 23 heavy (non-hydrogen) atoms. The topological polar surface area (TPSA) is 83.0 Å². The molecule has 0 aliphatic heterocycles. The summed E-state index contributed by atoms with van der Waals surface area (Å²) in [6.07, 6.45) is 1.45. The average molecular weight is 339 g/mol. The lowest BCUT2D eigenvalue weighted by atomic mass is 10.2. The summed E-state index contributed by atoms with van der Waals surface area (Å²) in [5, 5.41) is 0.453. The number of hydrogen-bond donors (Lipinski definition) is 1. The number of rotatable bonds is 3. The van der Waals surface area contributed by atoms with Gasteiger partial charge in [0.1, 0.15) is 11.6 Å². The van der Waals surface area contributed by atoms with Crippen LogP contribution in [0.15, 0.2) is 41.3 Å². The molecule has 9 heteroatoms. The second kappa shape index (κ2) is 5.81. The van der Waals surface area contributed by atoms with Crippen molar-refractivity contribution in [3.8, 4) is 11.4 Å². The van der Waals surface area contributed by atoms with E-state index in [1.54, 1.807) is 12.1 Å². The molecular weight excluding hydrogens is 330 g/mol. The molecule has 2 aromatic heterocycles. The molecule has 0 amide bonds. The molecule has 2 heterocycles. The fraction of sp³-hybridized carbons (Fsp3) is 0.0714. The Balaban J connectivity index is 2.36. The van der Waals surface area contributed by atoms with Crippen molar-refractivity contribution in [3.63, 3.8) is 0 Å². The number of pyridine rings is 1. The van der Waals surface area contributed by atoms with Crippen molar-refractivity contribution in [2.45, 2.75) is 6.61 Å². The number of hydrogen-bond acceptors (Lipinski definition) is 5. The van der Waals surface area contributed by atoms with Gasteiger partial charge >= 0.3 is 12.3 Å². The highest BCUT2D eigenvalue weighted by Gasteiger charge is 2.15. The summed E-state index contributed by atoms with van der Waals surface area (Å²) in [5.74, 6) is -0.142. The third-order valence-electron chi connectivity index (χ3n) is 3.10. The van der Waals surface area contributed by atoms with Crippen LogP contribution in [0.4, 0.5) is 14.6 Å². The van der Waals surface area contributed by atoms with Gasteiger partial charge in [0.05, 0.1) is 11.2 Å². The van der Waals surface area contributed by atoms with Crippen LogP contribution < -0.4 is 16.2 Å². The first-order chi connectivity index (χ1) is 11.0. The second-order valence-corrected chi connectivity index (χ2v) is 4.84. The van der Waals surface area contributed by atoms with Crippen molar-refractivity contribution < 1.29 is 13.5 Å². The molecule has 0 fully saturated rings. The Morgan fingerprint density at radius 1 is 1.30 bits per heavy atom. The van der Waals surface area contributed by atoms with E-state index in [1.165, 1.54) is 24.4 Å². The molecule has 6 nitrogen and oxygen atoms in total. The van der Waals surface area contributed by atoms with Gasteiger partial charge in [-0.25, -0.2) is 9.78 Å². The van der Waals surface area contributed by atoms with Gasteiger partial charge in [-0.2, -0.15) is 13.8 Å². The van der Waals surface area contributed by atoms with Crippen LogP contribution in [0.3, 0.4) is 0 Å². The first-order valence-electron chi connectivity index (χ1n) is 6.35. The lowest BCUT2D eigenvalue weighted by molar-refractivity contribution is -0.0497. The molecule has 3 aromatic rings. The quantitative estimate of drug-likeness (QED) is 0.742. The summed E-state index contributed by atoms with van der Waals surface area (Å²) in [5.41, 5.74) is 5.51. The standard InChI is InChI=1S/C14H9ClF2N4O2/c15-11-9(2-1-5-19-11)21-10-6-7(23-13(16)17)3-4-8(10)12(18)20-14(21)22/h1-6,13H,(H2,18,20,22). The van der Waals surface area contributed by atoms with Gasteiger partial charge in [0.25, 0.3) is 0 Å². The lowest BCUT2D eigenvalue weighted by Gasteiger charge is -2.13. The number of nitrogens with zero attached hydrogens (tertiary/aromatic N) is 3. The van der Waals surface area contributed by atoms with Crippen LogP contribution in [0, 0.1) is 0 Å². The van der Waals surface area contributed by atoms with Crippen molar-refractivity contribution in [2.75, 3.05) is 5.73 Å². The average Bonchev–Trinajstić information content (AvgIpc) is 2.48. The van der Waals surface area contributed by atoms with Gasteiger partial charge in [-0.15, -0.1) is 0 Å². The number of nitrogens with two attached hydrogens (primary N) is 1. The smallest absolute Gasteiger partial charge is 0.387 e. The highest BCUT2D eigenvalue weighted by molar-refractivity contribution is 6.31. The number of halogens is 3. The zero-order valence-electron chi connectivity index (χ0n) is 11.4. The Bertz CT molecular complexity index is 946. The van der Waals surface area contributed by atoms with Gasteiger partial charge in [0, 0.05) is 17.6 Å². The van der Waals surface area contributed by atoms with Crippen LogP contribution in [0.25, 0.3) is 16.6 Å². The molecule has 0 aliphatic carbocycles. The van der Waals surface area contributed by atoms with E-state index in [0.717, 1.165) is 4.57 Å². The van der Waals surface area contributed by atoms with Crippen molar-refractivity contribution in [2.24, 2.45) is 0 Å². The van der Waals surface area contributed by atoms with E-state index in [-0.39, 0.29) is 27.9 Å². The Hall–Kier alpha value is -2.74. The molecule has 0 atom stereocenters. The van der Waals surface area contributed by atoms with Gasteiger partial charge in [-0.1, -0.05) is 11.6 Å². The third kappa shape index (κ3) is 2.80. The van der Waals surface area contributed by atoms with Crippen molar-refractivity contribution >= 4 is 28.3 Å². The number of ether oxygens (including phenoxy) is 1. The van der Waals surface area contributed by atoms with E-state index in [1.807, 2.05) is 0 Å². The SMILES string of the molecule is Nc1nc(=O)n(-c2cccnc2Cl)c2cc(OC(F)F)ccc12. The fourth-order valence-corrected chi connectivity index (χ4v) is 2.39. The number of alkyl halides is 2. The van der Waals surface area contributed by atoms with Gasteiger partial charge in [0.15, 0.2) is 5.15 Å². The molecule has 0 saturated heterocycles. The Morgan fingerprint density at radius 2 is 2.09 bits per heavy atom. The van der Waals surface area contributed by atoms with Crippen LogP contribution in [-0.2, 0) is 0 Å². The van der Waals surface area contributed by atoms with E-state index in [2.05, 4.69) is 14.7 Å². The fourth-order valence-electron chi connectivity index (χ4n) is 2.18. The molecule has 2 N–H and O–H groups in total. The molecule has 0 radical (unpaired) electrons. The molecule has 0 unspecified atom stereocenters. The number of benzene rings is 1. The molecule has 3 rings (SSSR count). The second-order valence-electron chi connectivity index (χ2n) is 4.49. The summed E-state index contributed by atoms with van der Waals surface area (Å²) >= 11 is 6.01. The van der Waals surface area contributed by atoms with Crippen molar-refractivity contribution in [1.82, 2.24) is 14.5 Å². The zero-order chi connectivity index (χ0) is 16.6. The van der Waals surface area contributed by atoms with Gasteiger partial charge in [-0.3, -0.25) is 4.57 Å². The summed E-state index contributed by atoms with van der Waals surface area (Å²) in [7, 11) is 0. The maximum atomic E-state index is 12.4. The van der Waals surface area contributed by atoms with Crippen LogP contribution in [-0.4, -0.2) is 21.1 Å². The van der Waals surface area contributed by atoms with E-state index in [0.29, 0.717) is 5.39 Å². The Kier molecular flexibility index (Phi) is 3.83. The molecule has 118 valence electrons. The monoisotopic (exact) mass is 338 g/mol. The van der Waals surface area contributed by atoms with Crippen LogP contribution in [0.1, 0.15) is 0 Å². The van der Waals surface area contributed by atoms with E-state index < -0.39 is 12.3 Å². The maximum Gasteiger partial charge on any atom is 0.387 e. The number of fused-ring (bicyclic) bond motifs is 1. The third-order valence-corrected chi connectivity index (χ3v) is 3.39. The van der Waals surface area contributed by atoms with Crippen LogP contribution in [0.5, 0.6) is 5.75 Å². The summed E-state index contributed by atoms with van der Waals surface area (Å²) in [6, 6.07) is 7.15. The van der Waals surface area contributed by atoms with E-state index >= 15 is 0 Å². The van der Waals surface area contributed by atoms with Gasteiger partial charge in [0.2, 0.25) is 0 Å². The van der Waals surface area contributed by atoms with Gasteiger partial charge in [-0.05, 0) is 24.3 Å². The Morgan fingerprint density at radius 3 is 2.78 bits per heavy atom. The minimum atomic E-state index is -2.99. The normalized spacial score (nSPS) is 11.1. The predicted molar refractivity (Wildman–Crippen MR) is 81.2 cm³/mol. The summed E-state index contributed by atoms with van der Waals surface area (Å²) in [4.78, 5) is 19.8. The van der Waals surface area contributed by atoms with E-state index in [4.69, 9.17) is 17.3 Å². The first kappa shape index (κ1) is 15.2. The zero-order valence-corrected chi connectivity index (χ0v) is 12.2. The number of anilines is 1. The minimum Gasteiger partial charge on any atom is -0.435 e. The number of nitrogen functional groups attached to an aromatic ring is 1. The van der Waals surface area contributed by atoms with Gasteiger partial charge < -0.3 is 10.5 Å². The molecule has 0 saturated carbocycles. The summed E-state index contributed by atoms with van der Waals surface area (Å²) in [6.45, 7) is -2.99. The highest BCUT2D eigenvalue weighted by Crippen LogP contribution is 2.27. The summed E-state index contributed by atoms with van der Waals surface area (Å²) < 4.78 is 30.3. The molecular formula is C14H9ClF2N4O2. The lowest BCUT2D eigenvalue weighted by Crippen LogP contribution is -2.23. The molecule has 0 aliphatic rings. The minimum absolute atomic E-state index is 0.0233. The van der Waals surface area contributed by atoms with E-state index in [9.17, 15) is 13.6 Å². The van der Waals surface area contributed by atoms with Crippen molar-refractivity contribution in [3.05, 3.63) is 52.2 Å². The molecule has 0 spiro atoms. The first-order valence-corrected chi connectivity index (χ1v) is 6.73. The maximum absolute atomic E-state index is 12.4. The Labute approximate surface area is 133 Å². The predicted octanol–water partition coefficient (Wildman–Crippen LogP) is 2.62. The van der Waals surface area contributed by atoms with Crippen LogP contribution >= 0.6 is 11.6 Å². The molecule has 1 aromatic carbocycles. The highest BCUT2D eigenvalue weighted by atomic mass is 35.5. The number of aromatic nitrogens is 3. The molecule has 0 bridgehead atoms.